The largest absolute Gasteiger partial charge is 0.379 e. The maximum Gasteiger partial charge on any atom is 0.102 e. The van der Waals surface area contributed by atoms with Crippen LogP contribution in [0.3, 0.4) is 0 Å². The average Bonchev–Trinajstić information content (AvgIpc) is 1.12. The predicted octanol–water partition coefficient (Wildman–Crippen LogP) is 12.8. The third kappa shape index (κ3) is 91.4. The Morgan fingerprint density at radius 1 is 0.119 bits per heavy atom. The Balaban J connectivity index is 3.20. The van der Waals surface area contributed by atoms with Crippen LogP contribution < -0.4 is 0 Å². The van der Waals surface area contributed by atoms with Crippen LogP contribution in [0.4, 0.5) is 0 Å². The molecule has 0 aliphatic carbocycles. The van der Waals surface area contributed by atoms with Crippen molar-refractivity contribution in [2.24, 2.45) is 0 Å². The van der Waals surface area contributed by atoms with E-state index >= 15 is 0 Å². The summed E-state index contributed by atoms with van der Waals surface area (Å²) in [6.45, 7) is 30.7. The molecule has 0 spiro atoms. The van der Waals surface area contributed by atoms with Gasteiger partial charge in [0.15, 0.2) is 0 Å². The van der Waals surface area contributed by atoms with E-state index in [0.29, 0.717) is 251 Å². The highest BCUT2D eigenvalue weighted by molar-refractivity contribution is 4.53. The summed E-state index contributed by atoms with van der Waals surface area (Å²) in [5.74, 6) is 0. The maximum absolute atomic E-state index is 5.90. The molecular weight excluding hydrogens is 1300 g/mol. The highest BCUT2D eigenvalue weighted by atomic mass is 16.6. The van der Waals surface area contributed by atoms with Gasteiger partial charge < -0.3 is 104 Å². The van der Waals surface area contributed by atoms with E-state index in [-0.39, 0.29) is 0 Å². The molecule has 0 atom stereocenters. The molecule has 608 valence electrons. The first-order valence-electron chi connectivity index (χ1n) is 41.0. The molecule has 101 heavy (non-hydrogen) atoms. The zero-order chi connectivity index (χ0) is 72.8. The minimum absolute atomic E-state index is 0.495. The molecule has 0 bridgehead atoms. The standard InChI is InChI=1S/C79H164N2O20/c1-7-9-11-13-15-17-19-21-23-25-27-29-31-33-36-80(3,4)37-35-38-81(5,6)39-41-83-43-45-85-47-49-87-51-53-89-55-57-91-59-61-93-63-65-95-67-69-97-71-73-99-75-77-101-79-78-100-76-74-98-72-70-96-68-66-94-64-62-92-60-58-90-56-54-88-52-50-86-48-46-84-44-42-82-40-34-32-30-28-26-24-22-20-18-16-14-12-10-8-2/h7-79H2,1-6H3/q+2. The van der Waals surface area contributed by atoms with Crippen LogP contribution in [0.1, 0.15) is 200 Å². The Morgan fingerprint density at radius 2 is 0.248 bits per heavy atom. The van der Waals surface area contributed by atoms with Crippen molar-refractivity contribution in [3.63, 3.8) is 0 Å². The summed E-state index contributed by atoms with van der Waals surface area (Å²) < 4.78 is 114. The third-order valence-corrected chi connectivity index (χ3v) is 17.2. The number of unbranched alkanes of at least 4 members (excludes halogenated alkanes) is 26. The first-order valence-corrected chi connectivity index (χ1v) is 41.0. The van der Waals surface area contributed by atoms with Crippen molar-refractivity contribution < 1.29 is 104 Å². The van der Waals surface area contributed by atoms with Crippen LogP contribution >= 0.6 is 0 Å². The fraction of sp³-hybridized carbons (Fsp3) is 1.00. The van der Waals surface area contributed by atoms with E-state index in [2.05, 4.69) is 42.0 Å². The molecule has 0 rings (SSSR count). The molecule has 22 nitrogen and oxygen atoms in total. The van der Waals surface area contributed by atoms with E-state index in [0.717, 1.165) is 35.1 Å². The molecule has 0 radical (unpaired) electrons. The number of quaternary nitrogens is 2. The highest BCUT2D eigenvalue weighted by Crippen LogP contribution is 2.16. The molecular formula is C79H164N2O20+2. The van der Waals surface area contributed by atoms with Crippen LogP contribution in [0.5, 0.6) is 0 Å². The normalized spacial score (nSPS) is 12.2. The van der Waals surface area contributed by atoms with Crippen molar-refractivity contribution in [1.29, 1.82) is 0 Å². The average molecular weight is 1460 g/mol. The molecule has 0 fully saturated rings. The monoisotopic (exact) mass is 1460 g/mol. The minimum atomic E-state index is 0.495. The van der Waals surface area contributed by atoms with Gasteiger partial charge in [-0.05, 0) is 19.3 Å². The molecule has 0 saturated heterocycles. The lowest BCUT2D eigenvalue weighted by Crippen LogP contribution is -2.47. The second-order valence-electron chi connectivity index (χ2n) is 27.6. The van der Waals surface area contributed by atoms with Crippen LogP contribution in [-0.4, -0.2) is 328 Å². The molecule has 22 heteroatoms. The Hall–Kier alpha value is -0.880. The van der Waals surface area contributed by atoms with E-state index in [1.165, 1.54) is 199 Å². The van der Waals surface area contributed by atoms with Gasteiger partial charge in [0.2, 0.25) is 0 Å². The zero-order valence-electron chi connectivity index (χ0n) is 66.7. The van der Waals surface area contributed by atoms with Gasteiger partial charge in [0.1, 0.15) is 6.54 Å². The van der Waals surface area contributed by atoms with E-state index < -0.39 is 0 Å². The SMILES string of the molecule is CCCCCCCCCCCCCCCCOCCOCCOCCOCCOCCOCCOCCOCCOCCOCCOCCOCCOCCOCCOCCOCCOCCOCCOCCOCC[N+](C)(C)CCC[N+](C)(C)CCCCCCCCCCCCCCCC. The Kier molecular flexibility index (Phi) is 87.3. The van der Waals surface area contributed by atoms with Gasteiger partial charge in [-0.1, -0.05) is 174 Å². The lowest BCUT2D eigenvalue weighted by Gasteiger charge is -2.33. The molecule has 0 saturated carbocycles. The van der Waals surface area contributed by atoms with Crippen molar-refractivity contribution >= 4 is 0 Å². The van der Waals surface area contributed by atoms with Gasteiger partial charge in [-0.2, -0.15) is 0 Å². The molecule has 0 aromatic rings. The second kappa shape index (κ2) is 88.0. The number of ether oxygens (including phenoxy) is 20. The van der Waals surface area contributed by atoms with E-state index in [1.807, 2.05) is 0 Å². The Labute approximate surface area is 619 Å². The molecule has 0 amide bonds. The summed E-state index contributed by atoms with van der Waals surface area (Å²) >= 11 is 0. The van der Waals surface area contributed by atoms with Gasteiger partial charge in [-0.15, -0.1) is 0 Å². The van der Waals surface area contributed by atoms with Crippen LogP contribution in [0.25, 0.3) is 0 Å². The molecule has 0 aliphatic rings. The van der Waals surface area contributed by atoms with Crippen LogP contribution in [0.2, 0.25) is 0 Å². The second-order valence-corrected chi connectivity index (χ2v) is 27.6. The molecule has 0 heterocycles. The number of likely N-dealkylation sites (N-methyl/N-ethyl adjacent to an activating group) is 1. The molecule has 0 aliphatic heterocycles. The van der Waals surface area contributed by atoms with E-state index in [4.69, 9.17) is 94.7 Å². The first-order chi connectivity index (χ1) is 49.8. The van der Waals surface area contributed by atoms with Crippen LogP contribution in [0.15, 0.2) is 0 Å². The summed E-state index contributed by atoms with van der Waals surface area (Å²) in [5.41, 5.74) is 0. The van der Waals surface area contributed by atoms with Gasteiger partial charge >= 0.3 is 0 Å². The maximum atomic E-state index is 5.90. The smallest absolute Gasteiger partial charge is 0.102 e. The molecule has 0 aromatic heterocycles. The lowest BCUT2D eigenvalue weighted by atomic mass is 10.0. The van der Waals surface area contributed by atoms with Crippen molar-refractivity contribution in [1.82, 2.24) is 0 Å². The fourth-order valence-corrected chi connectivity index (χ4v) is 10.9. The highest BCUT2D eigenvalue weighted by Gasteiger charge is 2.20. The lowest BCUT2D eigenvalue weighted by molar-refractivity contribution is -0.909. The molecule has 0 unspecified atom stereocenters. The molecule has 0 aromatic carbocycles. The van der Waals surface area contributed by atoms with Crippen molar-refractivity contribution in [2.75, 3.05) is 319 Å². The van der Waals surface area contributed by atoms with E-state index in [9.17, 15) is 0 Å². The Morgan fingerprint density at radius 3 is 0.436 bits per heavy atom. The number of hydrogen-bond donors (Lipinski definition) is 0. The van der Waals surface area contributed by atoms with Gasteiger partial charge in [0, 0.05) is 13.0 Å². The zero-order valence-corrected chi connectivity index (χ0v) is 66.7. The van der Waals surface area contributed by atoms with Crippen molar-refractivity contribution in [2.45, 2.75) is 200 Å². The molecule has 0 N–H and O–H groups in total. The number of rotatable bonds is 94. The quantitative estimate of drug-likeness (QED) is 0.0413. The number of hydrogen-bond acceptors (Lipinski definition) is 20. The summed E-state index contributed by atoms with van der Waals surface area (Å²) in [7, 11) is 9.45. The van der Waals surface area contributed by atoms with Gasteiger partial charge in [0.25, 0.3) is 0 Å². The summed E-state index contributed by atoms with van der Waals surface area (Å²) in [5, 5.41) is 0. The predicted molar refractivity (Wildman–Crippen MR) is 405 cm³/mol. The number of nitrogens with zero attached hydrogens (tertiary/aromatic N) is 2. The van der Waals surface area contributed by atoms with Gasteiger partial charge in [-0.3, -0.25) is 0 Å². The van der Waals surface area contributed by atoms with Gasteiger partial charge in [0.05, 0.1) is 305 Å². The van der Waals surface area contributed by atoms with Crippen LogP contribution in [-0.2, 0) is 94.7 Å². The summed E-state index contributed by atoms with van der Waals surface area (Å²) in [6.07, 6.45) is 40.3. The fourth-order valence-electron chi connectivity index (χ4n) is 10.9. The summed E-state index contributed by atoms with van der Waals surface area (Å²) in [4.78, 5) is 0. The topological polar surface area (TPSA) is 185 Å². The van der Waals surface area contributed by atoms with Gasteiger partial charge in [-0.25, -0.2) is 0 Å². The van der Waals surface area contributed by atoms with Crippen LogP contribution in [0, 0.1) is 0 Å². The van der Waals surface area contributed by atoms with E-state index in [1.54, 1.807) is 0 Å². The first kappa shape index (κ1) is 100. The minimum Gasteiger partial charge on any atom is -0.379 e. The Bertz CT molecular complexity index is 1490. The third-order valence-electron chi connectivity index (χ3n) is 17.2. The van der Waals surface area contributed by atoms with Crippen molar-refractivity contribution in [3.05, 3.63) is 0 Å². The summed E-state index contributed by atoms with van der Waals surface area (Å²) in [6, 6.07) is 0. The van der Waals surface area contributed by atoms with Crippen molar-refractivity contribution in [3.8, 4) is 0 Å².